The summed E-state index contributed by atoms with van der Waals surface area (Å²) in [4.78, 5) is 16.9. The van der Waals surface area contributed by atoms with Crippen LogP contribution in [0.5, 0.6) is 0 Å². The summed E-state index contributed by atoms with van der Waals surface area (Å²) in [6.45, 7) is 3.80. The minimum Gasteiger partial charge on any atom is -0.345 e. The number of sulfone groups is 1. The average Bonchev–Trinajstić information content (AvgIpc) is 2.76. The fourth-order valence-corrected chi connectivity index (χ4v) is 3.81. The van der Waals surface area contributed by atoms with E-state index in [0.717, 1.165) is 27.6 Å². The van der Waals surface area contributed by atoms with Gasteiger partial charge in [-0.15, -0.1) is 0 Å². The van der Waals surface area contributed by atoms with Crippen LogP contribution in [-0.2, 0) is 9.84 Å². The molecule has 22 heavy (non-hydrogen) atoms. The minimum atomic E-state index is -3.19. The maximum Gasteiger partial charge on any atom is 0.252 e. The normalized spacial score (nSPS) is 19.5. The first-order chi connectivity index (χ1) is 10.3. The van der Waals surface area contributed by atoms with Crippen molar-refractivity contribution in [1.82, 2.24) is 10.3 Å². The Morgan fingerprint density at radius 3 is 2.73 bits per heavy atom. The van der Waals surface area contributed by atoms with Crippen molar-refractivity contribution in [2.45, 2.75) is 19.9 Å². The Morgan fingerprint density at radius 2 is 2.05 bits per heavy atom. The molecule has 2 heterocycles. The van der Waals surface area contributed by atoms with Gasteiger partial charge in [-0.05, 0) is 37.6 Å². The Bertz CT molecular complexity index is 896. The number of carbonyl (C=O) groups is 1. The van der Waals surface area contributed by atoms with E-state index in [1.807, 2.05) is 32.0 Å². The number of aryl methyl sites for hydroxylation is 2. The molecular formula is C16H16N2O3S. The average molecular weight is 316 g/mol. The van der Waals surface area contributed by atoms with Crippen LogP contribution in [0.1, 0.15) is 21.6 Å². The summed E-state index contributed by atoms with van der Waals surface area (Å²) in [5, 5.41) is 4.66. The van der Waals surface area contributed by atoms with Gasteiger partial charge in [0.05, 0.1) is 22.9 Å². The minimum absolute atomic E-state index is 0.0835. The van der Waals surface area contributed by atoms with Crippen LogP contribution in [-0.4, -0.2) is 31.1 Å². The van der Waals surface area contributed by atoms with Gasteiger partial charge in [0.15, 0.2) is 9.84 Å². The molecule has 0 saturated carbocycles. The fraction of sp³-hybridized carbons (Fsp3) is 0.250. The number of benzene rings is 1. The molecule has 1 unspecified atom stereocenters. The van der Waals surface area contributed by atoms with Crippen molar-refractivity contribution in [3.8, 4) is 0 Å². The summed E-state index contributed by atoms with van der Waals surface area (Å²) in [5.74, 6) is -0.370. The van der Waals surface area contributed by atoms with Crippen LogP contribution in [0, 0.1) is 13.8 Å². The Labute approximate surface area is 129 Å². The third-order valence-corrected chi connectivity index (χ3v) is 4.98. The maximum absolute atomic E-state index is 12.5. The van der Waals surface area contributed by atoms with Crippen molar-refractivity contribution < 1.29 is 13.2 Å². The summed E-state index contributed by atoms with van der Waals surface area (Å²) in [6.07, 6.45) is 1.51. The lowest BCUT2D eigenvalue weighted by Gasteiger charge is -2.12. The highest BCUT2D eigenvalue weighted by Crippen LogP contribution is 2.20. The van der Waals surface area contributed by atoms with Crippen molar-refractivity contribution in [3.05, 3.63) is 52.6 Å². The van der Waals surface area contributed by atoms with E-state index < -0.39 is 15.9 Å². The summed E-state index contributed by atoms with van der Waals surface area (Å²) in [6, 6.07) is 6.97. The number of aromatic nitrogens is 1. The molecule has 0 fully saturated rings. The number of amides is 1. The van der Waals surface area contributed by atoms with Crippen LogP contribution in [0.25, 0.3) is 10.9 Å². The Hall–Kier alpha value is -2.21. The van der Waals surface area contributed by atoms with Crippen LogP contribution in [0.3, 0.4) is 0 Å². The predicted octanol–water partition coefficient (Wildman–Crippen LogP) is 1.89. The smallest absolute Gasteiger partial charge is 0.252 e. The maximum atomic E-state index is 12.5. The van der Waals surface area contributed by atoms with Gasteiger partial charge in [0.25, 0.3) is 5.91 Å². The lowest BCUT2D eigenvalue weighted by Crippen LogP contribution is -2.35. The van der Waals surface area contributed by atoms with Crippen LogP contribution in [0.15, 0.2) is 35.7 Å². The van der Waals surface area contributed by atoms with Gasteiger partial charge in [-0.1, -0.05) is 12.1 Å². The van der Waals surface area contributed by atoms with E-state index in [1.165, 1.54) is 6.08 Å². The van der Waals surface area contributed by atoms with Crippen LogP contribution in [0.2, 0.25) is 0 Å². The van der Waals surface area contributed by atoms with Gasteiger partial charge in [-0.25, -0.2) is 8.42 Å². The zero-order valence-corrected chi connectivity index (χ0v) is 13.1. The molecule has 0 radical (unpaired) electrons. The summed E-state index contributed by atoms with van der Waals surface area (Å²) >= 11 is 0. The fourth-order valence-electron chi connectivity index (χ4n) is 2.57. The number of hydrogen-bond acceptors (Lipinski definition) is 4. The zero-order valence-electron chi connectivity index (χ0n) is 12.3. The second-order valence-corrected chi connectivity index (χ2v) is 7.50. The first-order valence-electron chi connectivity index (χ1n) is 6.94. The molecular weight excluding hydrogens is 300 g/mol. The Kier molecular flexibility index (Phi) is 3.48. The second kappa shape index (κ2) is 5.21. The van der Waals surface area contributed by atoms with Crippen LogP contribution in [0.4, 0.5) is 0 Å². The van der Waals surface area contributed by atoms with Gasteiger partial charge in [0.1, 0.15) is 0 Å². The van der Waals surface area contributed by atoms with E-state index in [-0.39, 0.29) is 11.7 Å². The number of pyridine rings is 1. The predicted molar refractivity (Wildman–Crippen MR) is 85.4 cm³/mol. The Balaban J connectivity index is 1.96. The SMILES string of the molecule is Cc1ccc2c(C(=O)NC3C=CS(=O)(=O)C3)cc(C)nc2c1. The highest BCUT2D eigenvalue weighted by molar-refractivity contribution is 7.94. The van der Waals surface area contributed by atoms with Crippen LogP contribution < -0.4 is 5.32 Å². The van der Waals surface area contributed by atoms with Gasteiger partial charge < -0.3 is 5.32 Å². The van der Waals surface area contributed by atoms with E-state index in [2.05, 4.69) is 10.3 Å². The standard InChI is InChI=1S/C16H16N2O3S/c1-10-3-4-13-14(8-11(2)17-15(13)7-10)16(19)18-12-5-6-22(20,21)9-12/h3-8,12H,9H2,1-2H3,(H,18,19). The molecule has 1 aliphatic heterocycles. The molecule has 0 spiro atoms. The molecule has 114 valence electrons. The Morgan fingerprint density at radius 1 is 1.27 bits per heavy atom. The molecule has 1 aromatic carbocycles. The third kappa shape index (κ3) is 2.87. The van der Waals surface area contributed by atoms with Gasteiger partial charge in [-0.3, -0.25) is 9.78 Å². The number of nitrogens with zero attached hydrogens (tertiary/aromatic N) is 1. The zero-order chi connectivity index (χ0) is 15.9. The third-order valence-electron chi connectivity index (χ3n) is 3.58. The first kappa shape index (κ1) is 14.7. The van der Waals surface area contributed by atoms with E-state index in [9.17, 15) is 13.2 Å². The summed E-state index contributed by atoms with van der Waals surface area (Å²) in [7, 11) is -3.19. The molecule has 6 heteroatoms. The van der Waals surface area contributed by atoms with Gasteiger partial charge in [0.2, 0.25) is 0 Å². The van der Waals surface area contributed by atoms with Gasteiger partial charge in [0, 0.05) is 16.5 Å². The largest absolute Gasteiger partial charge is 0.345 e. The molecule has 0 saturated heterocycles. The molecule has 0 aliphatic carbocycles. The second-order valence-electron chi connectivity index (χ2n) is 5.57. The highest BCUT2D eigenvalue weighted by Gasteiger charge is 2.24. The van der Waals surface area contributed by atoms with E-state index >= 15 is 0 Å². The van der Waals surface area contributed by atoms with E-state index in [1.54, 1.807) is 6.07 Å². The molecule has 1 atom stereocenters. The van der Waals surface area contributed by atoms with Gasteiger partial charge in [-0.2, -0.15) is 0 Å². The molecule has 1 amide bonds. The number of fused-ring (bicyclic) bond motifs is 1. The number of carbonyl (C=O) groups excluding carboxylic acids is 1. The molecule has 3 rings (SSSR count). The molecule has 1 aliphatic rings. The van der Waals surface area contributed by atoms with Gasteiger partial charge >= 0.3 is 0 Å². The lowest BCUT2D eigenvalue weighted by molar-refractivity contribution is 0.0949. The summed E-state index contributed by atoms with van der Waals surface area (Å²) < 4.78 is 22.8. The quantitative estimate of drug-likeness (QED) is 0.918. The van der Waals surface area contributed by atoms with Crippen molar-refractivity contribution >= 4 is 26.6 Å². The molecule has 1 N–H and O–H groups in total. The van der Waals surface area contributed by atoms with Crippen molar-refractivity contribution in [1.29, 1.82) is 0 Å². The first-order valence-corrected chi connectivity index (χ1v) is 8.65. The summed E-state index contributed by atoms with van der Waals surface area (Å²) in [5.41, 5.74) is 3.10. The number of rotatable bonds is 2. The number of hydrogen-bond donors (Lipinski definition) is 1. The van der Waals surface area contributed by atoms with E-state index in [0.29, 0.717) is 5.56 Å². The van der Waals surface area contributed by atoms with E-state index in [4.69, 9.17) is 0 Å². The number of nitrogens with one attached hydrogen (secondary N) is 1. The molecule has 1 aromatic heterocycles. The monoisotopic (exact) mass is 316 g/mol. The van der Waals surface area contributed by atoms with Crippen LogP contribution >= 0.6 is 0 Å². The molecule has 5 nitrogen and oxygen atoms in total. The lowest BCUT2D eigenvalue weighted by atomic mass is 10.0. The van der Waals surface area contributed by atoms with Crippen molar-refractivity contribution in [2.24, 2.45) is 0 Å². The van der Waals surface area contributed by atoms with Crippen molar-refractivity contribution in [3.63, 3.8) is 0 Å². The molecule has 0 bridgehead atoms. The topological polar surface area (TPSA) is 76.1 Å². The van der Waals surface area contributed by atoms with Crippen molar-refractivity contribution in [2.75, 3.05) is 5.75 Å². The highest BCUT2D eigenvalue weighted by atomic mass is 32.2. The molecule has 2 aromatic rings.